The van der Waals surface area contributed by atoms with Crippen molar-refractivity contribution >= 4 is 0 Å². The Kier molecular flexibility index (Phi) is 5.70. The maximum atomic E-state index is 3.50. The van der Waals surface area contributed by atoms with Crippen LogP contribution in [0, 0.1) is 22.7 Å². The van der Waals surface area contributed by atoms with E-state index < -0.39 is 0 Å². The number of nitrogens with one attached hydrogen (secondary N) is 1. The summed E-state index contributed by atoms with van der Waals surface area (Å²) in [5, 5.41) is 3.50. The van der Waals surface area contributed by atoms with E-state index in [4.69, 9.17) is 0 Å². The number of nitrogens with zero attached hydrogens (tertiary/aromatic N) is 2. The fourth-order valence-corrected chi connectivity index (χ4v) is 6.27. The molecule has 26 heavy (non-hydrogen) atoms. The predicted octanol–water partition coefficient (Wildman–Crippen LogP) is 3.99. The second kappa shape index (κ2) is 7.72. The normalized spacial score (nSPS) is 30.6. The van der Waals surface area contributed by atoms with E-state index in [0.717, 1.165) is 23.3 Å². The van der Waals surface area contributed by atoms with E-state index in [1.165, 1.54) is 97.2 Å². The largest absolute Gasteiger partial charge is 0.317 e. The molecule has 0 aromatic heterocycles. The molecular weight excluding hydrogens is 318 g/mol. The summed E-state index contributed by atoms with van der Waals surface area (Å²) < 4.78 is 0. The zero-order valence-electron chi connectivity index (χ0n) is 17.7. The van der Waals surface area contributed by atoms with Gasteiger partial charge in [-0.1, -0.05) is 20.8 Å². The van der Waals surface area contributed by atoms with Gasteiger partial charge in [-0.15, -0.1) is 0 Å². The Morgan fingerprint density at radius 2 is 1.50 bits per heavy atom. The van der Waals surface area contributed by atoms with Gasteiger partial charge in [0.25, 0.3) is 0 Å². The standard InChI is InChI=1S/C23H43N3/c1-22(2,3)20-16-23(17-20)8-14-26(15-9-23)21-6-12-25(13-7-21)18-19-4-10-24-11-5-19/h19-21,24H,4-18H2,1-3H3. The molecule has 0 atom stereocenters. The maximum absolute atomic E-state index is 3.50. The van der Waals surface area contributed by atoms with Gasteiger partial charge in [-0.2, -0.15) is 0 Å². The summed E-state index contributed by atoms with van der Waals surface area (Å²) in [5.41, 5.74) is 1.27. The van der Waals surface area contributed by atoms with Crippen LogP contribution in [0.1, 0.15) is 72.1 Å². The van der Waals surface area contributed by atoms with Gasteiger partial charge < -0.3 is 15.1 Å². The molecule has 1 saturated carbocycles. The first kappa shape index (κ1) is 19.2. The highest BCUT2D eigenvalue weighted by Crippen LogP contribution is 2.58. The van der Waals surface area contributed by atoms with E-state index in [-0.39, 0.29) is 0 Å². The van der Waals surface area contributed by atoms with Crippen molar-refractivity contribution in [1.29, 1.82) is 0 Å². The van der Waals surface area contributed by atoms with Crippen molar-refractivity contribution in [2.24, 2.45) is 22.7 Å². The Morgan fingerprint density at radius 3 is 2.08 bits per heavy atom. The molecule has 4 aliphatic rings. The average molecular weight is 362 g/mol. The third-order valence-corrected chi connectivity index (χ3v) is 8.49. The van der Waals surface area contributed by atoms with Crippen LogP contribution in [0.15, 0.2) is 0 Å². The van der Waals surface area contributed by atoms with E-state index in [2.05, 4.69) is 35.9 Å². The highest BCUT2D eigenvalue weighted by Gasteiger charge is 2.49. The summed E-state index contributed by atoms with van der Waals surface area (Å²) in [4.78, 5) is 5.65. The molecule has 0 radical (unpaired) electrons. The summed E-state index contributed by atoms with van der Waals surface area (Å²) in [6.45, 7) is 16.6. The fourth-order valence-electron chi connectivity index (χ4n) is 6.27. The topological polar surface area (TPSA) is 18.5 Å². The third-order valence-electron chi connectivity index (χ3n) is 8.49. The quantitative estimate of drug-likeness (QED) is 0.820. The first-order valence-electron chi connectivity index (χ1n) is 11.6. The van der Waals surface area contributed by atoms with Gasteiger partial charge in [-0.3, -0.25) is 0 Å². The van der Waals surface area contributed by atoms with Crippen molar-refractivity contribution < 1.29 is 0 Å². The molecule has 0 unspecified atom stereocenters. The molecule has 1 aliphatic carbocycles. The van der Waals surface area contributed by atoms with E-state index in [1.54, 1.807) is 0 Å². The Bertz CT molecular complexity index is 439. The van der Waals surface area contributed by atoms with E-state index in [1.807, 2.05) is 0 Å². The summed E-state index contributed by atoms with van der Waals surface area (Å²) in [6, 6.07) is 0.884. The highest BCUT2D eigenvalue weighted by atomic mass is 15.2. The van der Waals surface area contributed by atoms with Crippen LogP contribution < -0.4 is 5.32 Å². The van der Waals surface area contributed by atoms with Crippen LogP contribution in [0.2, 0.25) is 0 Å². The molecule has 0 aromatic carbocycles. The van der Waals surface area contributed by atoms with Crippen LogP contribution in [0.25, 0.3) is 0 Å². The zero-order chi connectivity index (χ0) is 18.2. The lowest BCUT2D eigenvalue weighted by molar-refractivity contribution is -0.0670. The van der Waals surface area contributed by atoms with Crippen LogP contribution in [0.4, 0.5) is 0 Å². The Morgan fingerprint density at radius 1 is 0.885 bits per heavy atom. The minimum atomic E-state index is 0.531. The van der Waals surface area contributed by atoms with Gasteiger partial charge in [-0.05, 0) is 113 Å². The number of rotatable bonds is 3. The van der Waals surface area contributed by atoms with E-state index in [9.17, 15) is 0 Å². The molecule has 150 valence electrons. The number of hydrogen-bond donors (Lipinski definition) is 1. The van der Waals surface area contributed by atoms with Crippen molar-refractivity contribution in [1.82, 2.24) is 15.1 Å². The molecule has 4 fully saturated rings. The van der Waals surface area contributed by atoms with Gasteiger partial charge in [0.05, 0.1) is 0 Å². The van der Waals surface area contributed by atoms with Gasteiger partial charge in [0.1, 0.15) is 0 Å². The predicted molar refractivity (Wildman–Crippen MR) is 110 cm³/mol. The zero-order valence-corrected chi connectivity index (χ0v) is 17.7. The molecule has 3 nitrogen and oxygen atoms in total. The first-order valence-corrected chi connectivity index (χ1v) is 11.6. The SMILES string of the molecule is CC(C)(C)C1CC2(CCN(C3CCN(CC4CCNCC4)CC3)CC2)C1. The average Bonchev–Trinajstić information content (AvgIpc) is 2.61. The second-order valence-corrected chi connectivity index (χ2v) is 11.2. The fraction of sp³-hybridized carbons (Fsp3) is 1.00. The maximum Gasteiger partial charge on any atom is 0.0120 e. The summed E-state index contributed by atoms with van der Waals surface area (Å²) in [6.07, 6.45) is 11.6. The number of likely N-dealkylation sites (tertiary alicyclic amines) is 2. The van der Waals surface area contributed by atoms with Crippen LogP contribution in [0.5, 0.6) is 0 Å². The molecule has 3 heteroatoms. The van der Waals surface area contributed by atoms with Gasteiger partial charge in [0.15, 0.2) is 0 Å². The monoisotopic (exact) mass is 361 g/mol. The minimum Gasteiger partial charge on any atom is -0.317 e. The molecular formula is C23H43N3. The molecule has 0 amide bonds. The Hall–Kier alpha value is -0.120. The summed E-state index contributed by atoms with van der Waals surface area (Å²) in [7, 11) is 0. The van der Waals surface area contributed by atoms with Crippen LogP contribution in [-0.2, 0) is 0 Å². The summed E-state index contributed by atoms with van der Waals surface area (Å²) in [5.74, 6) is 1.93. The van der Waals surface area contributed by atoms with Crippen molar-refractivity contribution in [3.05, 3.63) is 0 Å². The molecule has 3 aliphatic heterocycles. The van der Waals surface area contributed by atoms with Crippen LogP contribution >= 0.6 is 0 Å². The minimum absolute atomic E-state index is 0.531. The molecule has 3 heterocycles. The van der Waals surface area contributed by atoms with Gasteiger partial charge in [-0.25, -0.2) is 0 Å². The first-order chi connectivity index (χ1) is 12.4. The van der Waals surface area contributed by atoms with Crippen LogP contribution in [-0.4, -0.2) is 61.7 Å². The molecule has 4 rings (SSSR count). The Balaban J connectivity index is 1.17. The van der Waals surface area contributed by atoms with Gasteiger partial charge in [0.2, 0.25) is 0 Å². The smallest absolute Gasteiger partial charge is 0.0120 e. The lowest BCUT2D eigenvalue weighted by atomic mass is 9.51. The molecule has 0 bridgehead atoms. The highest BCUT2D eigenvalue weighted by molar-refractivity contribution is 5.01. The number of piperidine rings is 3. The second-order valence-electron chi connectivity index (χ2n) is 11.2. The van der Waals surface area contributed by atoms with Crippen LogP contribution in [0.3, 0.4) is 0 Å². The molecule has 1 spiro atoms. The lowest BCUT2D eigenvalue weighted by Crippen LogP contribution is -2.54. The third kappa shape index (κ3) is 4.31. The lowest BCUT2D eigenvalue weighted by Gasteiger charge is -2.57. The van der Waals surface area contributed by atoms with Crippen molar-refractivity contribution in [2.45, 2.75) is 78.2 Å². The van der Waals surface area contributed by atoms with Crippen molar-refractivity contribution in [3.63, 3.8) is 0 Å². The molecule has 1 N–H and O–H groups in total. The summed E-state index contributed by atoms with van der Waals surface area (Å²) >= 11 is 0. The van der Waals surface area contributed by atoms with E-state index in [0.29, 0.717) is 5.41 Å². The Labute approximate surface area is 162 Å². The molecule has 3 saturated heterocycles. The van der Waals surface area contributed by atoms with Gasteiger partial charge in [0, 0.05) is 12.6 Å². The van der Waals surface area contributed by atoms with E-state index >= 15 is 0 Å². The van der Waals surface area contributed by atoms with Crippen molar-refractivity contribution in [3.8, 4) is 0 Å². The number of hydrogen-bond acceptors (Lipinski definition) is 3. The van der Waals surface area contributed by atoms with Crippen molar-refractivity contribution in [2.75, 3.05) is 45.8 Å². The molecule has 0 aromatic rings. The van der Waals surface area contributed by atoms with Gasteiger partial charge >= 0.3 is 0 Å².